The van der Waals surface area contributed by atoms with Gasteiger partial charge in [-0.1, -0.05) is 40.9 Å². The number of hydrogen-bond acceptors (Lipinski definition) is 6. The number of methoxy groups -OCH3 is 1. The molecular weight excluding hydrogens is 502 g/mol. The zero-order valence-corrected chi connectivity index (χ0v) is 19.8. The van der Waals surface area contributed by atoms with Gasteiger partial charge in [0.1, 0.15) is 5.82 Å². The first-order valence-corrected chi connectivity index (χ1v) is 11.0. The van der Waals surface area contributed by atoms with Crippen LogP contribution in [0.25, 0.3) is 10.9 Å². The molecule has 3 rings (SSSR count). The van der Waals surface area contributed by atoms with Crippen molar-refractivity contribution in [3.05, 3.63) is 61.6 Å². The number of aryl methyl sites for hydroxylation is 1. The third kappa shape index (κ3) is 5.46. The number of carboxylic acids is 1. The quantitative estimate of drug-likeness (QED) is 0.415. The van der Waals surface area contributed by atoms with E-state index in [4.69, 9.17) is 26.2 Å². The number of rotatable bonds is 9. The molecule has 0 saturated heterocycles. The van der Waals surface area contributed by atoms with Crippen LogP contribution in [-0.2, 0) is 11.2 Å². The number of halogens is 2. The Labute approximate surface area is 197 Å². The Hall–Kier alpha value is -2.91. The minimum atomic E-state index is -1.14. The first-order chi connectivity index (χ1) is 15.3. The summed E-state index contributed by atoms with van der Waals surface area (Å²) in [5.41, 5.74) is 0.871. The molecule has 8 nitrogen and oxygen atoms in total. The Kier molecular flexibility index (Phi) is 7.87. The minimum absolute atomic E-state index is 0.117. The van der Waals surface area contributed by atoms with Gasteiger partial charge in [-0.05, 0) is 42.3 Å². The summed E-state index contributed by atoms with van der Waals surface area (Å²) < 4.78 is 12.5. The lowest BCUT2D eigenvalue weighted by molar-refractivity contribution is -0.139. The highest BCUT2D eigenvalue weighted by molar-refractivity contribution is 9.10. The van der Waals surface area contributed by atoms with Gasteiger partial charge in [-0.2, -0.15) is 9.78 Å². The van der Waals surface area contributed by atoms with Crippen LogP contribution in [0.2, 0.25) is 5.02 Å². The number of unbranched alkanes of at least 4 members (excludes halogenated alkanes) is 1. The van der Waals surface area contributed by atoms with Crippen LogP contribution in [-0.4, -0.2) is 40.7 Å². The van der Waals surface area contributed by atoms with Crippen molar-refractivity contribution in [2.24, 2.45) is 5.10 Å². The largest absolute Gasteiger partial charge is 0.493 e. The van der Waals surface area contributed by atoms with Gasteiger partial charge in [0.05, 0.1) is 29.2 Å². The van der Waals surface area contributed by atoms with Crippen molar-refractivity contribution in [2.45, 2.75) is 26.2 Å². The Morgan fingerprint density at radius 3 is 2.81 bits per heavy atom. The zero-order valence-electron chi connectivity index (χ0n) is 17.5. The van der Waals surface area contributed by atoms with Gasteiger partial charge >= 0.3 is 5.97 Å². The van der Waals surface area contributed by atoms with Gasteiger partial charge in [-0.15, -0.1) is 0 Å². The number of aliphatic carboxylic acids is 1. The first-order valence-electron chi connectivity index (χ1n) is 9.81. The monoisotopic (exact) mass is 521 g/mol. The molecule has 1 N–H and O–H groups in total. The molecule has 168 valence electrons. The summed E-state index contributed by atoms with van der Waals surface area (Å²) in [7, 11) is 1.42. The fourth-order valence-electron chi connectivity index (χ4n) is 3.02. The number of carbonyl (C=O) groups is 1. The van der Waals surface area contributed by atoms with E-state index in [-0.39, 0.29) is 22.1 Å². The fraction of sp³-hybridized carbons (Fsp3) is 0.273. The molecule has 0 unspecified atom stereocenters. The number of fused-ring (bicyclic) bond motifs is 1. The molecular formula is C22H21BrClN3O5. The van der Waals surface area contributed by atoms with Gasteiger partial charge in [-0.3, -0.25) is 4.79 Å². The molecule has 0 atom stereocenters. The van der Waals surface area contributed by atoms with Gasteiger partial charge in [0.2, 0.25) is 0 Å². The number of ether oxygens (including phenoxy) is 2. The molecule has 10 heteroatoms. The van der Waals surface area contributed by atoms with Gasteiger partial charge < -0.3 is 14.6 Å². The third-order valence-electron chi connectivity index (χ3n) is 4.54. The molecule has 0 fully saturated rings. The fourth-order valence-corrected chi connectivity index (χ4v) is 3.66. The Morgan fingerprint density at radius 1 is 1.34 bits per heavy atom. The summed E-state index contributed by atoms with van der Waals surface area (Å²) in [5.74, 6) is -0.211. The highest BCUT2D eigenvalue weighted by atomic mass is 79.9. The highest BCUT2D eigenvalue weighted by Crippen LogP contribution is 2.36. The summed E-state index contributed by atoms with van der Waals surface area (Å²) >= 11 is 9.65. The van der Waals surface area contributed by atoms with E-state index in [1.807, 2.05) is 6.07 Å². The summed E-state index contributed by atoms with van der Waals surface area (Å²) in [6.07, 6.45) is 3.88. The standard InChI is InChI=1S/C22H21BrClN3O5/c1-3-4-5-19-26-17-7-6-14(23)10-15(17)22(30)27(19)25-11-13-8-16(24)21(18(9-13)31-2)32-12-20(28)29/h6-11H,3-5,12H2,1-2H3,(H,28,29). The molecule has 3 aromatic rings. The van der Waals surface area contributed by atoms with Crippen molar-refractivity contribution < 1.29 is 19.4 Å². The molecule has 0 bridgehead atoms. The number of benzene rings is 2. The lowest BCUT2D eigenvalue weighted by Crippen LogP contribution is -2.22. The highest BCUT2D eigenvalue weighted by Gasteiger charge is 2.14. The van der Waals surface area contributed by atoms with E-state index in [9.17, 15) is 9.59 Å². The van der Waals surface area contributed by atoms with Crippen LogP contribution in [0, 0.1) is 0 Å². The number of nitrogens with zero attached hydrogens (tertiary/aromatic N) is 3. The first kappa shape index (κ1) is 23.7. The van der Waals surface area contributed by atoms with Crippen LogP contribution < -0.4 is 15.0 Å². The van der Waals surface area contributed by atoms with Crippen LogP contribution >= 0.6 is 27.5 Å². The Morgan fingerprint density at radius 2 is 2.12 bits per heavy atom. The molecule has 0 spiro atoms. The SMILES string of the molecule is CCCCc1nc2ccc(Br)cc2c(=O)n1N=Cc1cc(Cl)c(OCC(=O)O)c(OC)c1. The average Bonchev–Trinajstić information content (AvgIpc) is 2.76. The lowest BCUT2D eigenvalue weighted by atomic mass is 10.2. The smallest absolute Gasteiger partial charge is 0.341 e. The van der Waals surface area contributed by atoms with Gasteiger partial charge in [0.25, 0.3) is 5.56 Å². The van der Waals surface area contributed by atoms with E-state index < -0.39 is 12.6 Å². The molecule has 1 heterocycles. The molecule has 0 saturated carbocycles. The number of aromatic nitrogens is 2. The maximum absolute atomic E-state index is 13.1. The lowest BCUT2D eigenvalue weighted by Gasteiger charge is -2.12. The van der Waals surface area contributed by atoms with Gasteiger partial charge in [0, 0.05) is 10.9 Å². The van der Waals surface area contributed by atoms with Crippen molar-refractivity contribution in [3.8, 4) is 11.5 Å². The van der Waals surface area contributed by atoms with E-state index in [0.29, 0.717) is 28.7 Å². The second-order valence-corrected chi connectivity index (χ2v) is 8.19. The van der Waals surface area contributed by atoms with Crippen LogP contribution in [0.3, 0.4) is 0 Å². The Balaban J connectivity index is 2.05. The van der Waals surface area contributed by atoms with Crippen LogP contribution in [0.15, 0.2) is 44.7 Å². The summed E-state index contributed by atoms with van der Waals surface area (Å²) in [6, 6.07) is 8.49. The number of carboxylic acid groups (broad SMARTS) is 1. The van der Waals surface area contributed by atoms with E-state index in [0.717, 1.165) is 17.3 Å². The maximum Gasteiger partial charge on any atom is 0.341 e. The third-order valence-corrected chi connectivity index (χ3v) is 5.32. The van der Waals surface area contributed by atoms with E-state index in [1.165, 1.54) is 18.0 Å². The van der Waals surface area contributed by atoms with Crippen LogP contribution in [0.4, 0.5) is 0 Å². The van der Waals surface area contributed by atoms with Crippen LogP contribution in [0.5, 0.6) is 11.5 Å². The predicted molar refractivity (Wildman–Crippen MR) is 126 cm³/mol. The van der Waals surface area contributed by atoms with Crippen LogP contribution in [0.1, 0.15) is 31.2 Å². The summed E-state index contributed by atoms with van der Waals surface area (Å²) in [5, 5.41) is 13.8. The normalized spacial score (nSPS) is 11.2. The minimum Gasteiger partial charge on any atom is -0.493 e. The number of hydrogen-bond donors (Lipinski definition) is 1. The van der Waals surface area contributed by atoms with Crippen molar-refractivity contribution in [3.63, 3.8) is 0 Å². The summed E-state index contributed by atoms with van der Waals surface area (Å²) in [4.78, 5) is 28.6. The van der Waals surface area contributed by atoms with Crippen molar-refractivity contribution in [1.82, 2.24) is 9.66 Å². The van der Waals surface area contributed by atoms with Gasteiger partial charge in [-0.25, -0.2) is 9.78 Å². The van der Waals surface area contributed by atoms with E-state index >= 15 is 0 Å². The summed E-state index contributed by atoms with van der Waals surface area (Å²) in [6.45, 7) is 1.50. The van der Waals surface area contributed by atoms with E-state index in [2.05, 4.69) is 32.9 Å². The molecule has 0 aliphatic heterocycles. The van der Waals surface area contributed by atoms with Crippen molar-refractivity contribution in [2.75, 3.05) is 13.7 Å². The topological polar surface area (TPSA) is 103 Å². The molecule has 1 aromatic heterocycles. The molecule has 2 aromatic carbocycles. The van der Waals surface area contributed by atoms with E-state index in [1.54, 1.807) is 24.3 Å². The van der Waals surface area contributed by atoms with Gasteiger partial charge in [0.15, 0.2) is 18.1 Å². The predicted octanol–water partition coefficient (Wildman–Crippen LogP) is 4.51. The molecule has 0 aliphatic carbocycles. The molecule has 32 heavy (non-hydrogen) atoms. The molecule has 0 radical (unpaired) electrons. The Bertz CT molecular complexity index is 1240. The maximum atomic E-state index is 13.1. The average molecular weight is 523 g/mol. The second-order valence-electron chi connectivity index (χ2n) is 6.87. The zero-order chi connectivity index (χ0) is 23.3. The molecule has 0 aliphatic rings. The van der Waals surface area contributed by atoms with Crippen molar-refractivity contribution in [1.29, 1.82) is 0 Å². The molecule has 0 amide bonds. The second kappa shape index (κ2) is 10.6. The van der Waals surface area contributed by atoms with Crippen molar-refractivity contribution >= 4 is 50.6 Å².